The van der Waals surface area contributed by atoms with Crippen LogP contribution in [0.2, 0.25) is 0 Å². The Kier molecular flexibility index (Phi) is 7.85. The molecule has 2 aliphatic rings. The molecule has 1 spiro atoms. The summed E-state index contributed by atoms with van der Waals surface area (Å²) in [6.07, 6.45) is -5.13. The summed E-state index contributed by atoms with van der Waals surface area (Å²) in [5.74, 6) is -4.33. The number of nitrogens with one attached hydrogen (secondary N) is 3. The molecule has 4 amide bonds. The van der Waals surface area contributed by atoms with E-state index in [0.29, 0.717) is 11.3 Å². The summed E-state index contributed by atoms with van der Waals surface area (Å²) in [6.45, 7) is 5.32. The van der Waals surface area contributed by atoms with Crippen LogP contribution in [-0.4, -0.2) is 53.3 Å². The summed E-state index contributed by atoms with van der Waals surface area (Å²) in [4.78, 5) is 53.6. The molecule has 0 saturated carbocycles. The number of amides is 4. The number of para-hydroxylation sites is 1. The van der Waals surface area contributed by atoms with Crippen molar-refractivity contribution in [3.05, 3.63) is 65.7 Å². The first-order valence-electron chi connectivity index (χ1n) is 13.0. The molecule has 0 aliphatic carbocycles. The number of carbonyl (C=O) groups excluding carboxylic acids is 4. The second-order valence-corrected chi connectivity index (χ2v) is 11.5. The SMILES string of the molecule is CC(C)(C)C[C@H](NC(=O)[C@@H](NC(=O)C(F)(F)F)c1ccccc1)C(=O)N1C[C@]2(C[C@H]1C#N)C(=O)Nc1ccccc12. The van der Waals surface area contributed by atoms with Gasteiger partial charge in [0.2, 0.25) is 17.7 Å². The van der Waals surface area contributed by atoms with E-state index >= 15 is 0 Å². The second-order valence-electron chi connectivity index (χ2n) is 11.5. The molecular weight excluding hydrogens is 539 g/mol. The Morgan fingerprint density at radius 2 is 1.71 bits per heavy atom. The van der Waals surface area contributed by atoms with Crippen molar-refractivity contribution in [2.45, 2.75) is 63.3 Å². The van der Waals surface area contributed by atoms with Crippen LogP contribution in [0.5, 0.6) is 0 Å². The molecular formula is C29H30F3N5O4. The molecule has 0 aromatic heterocycles. The number of benzene rings is 2. The standard InChI is InChI=1S/C29H30F3N5O4/c1-27(2,3)14-21(34-23(38)22(17-9-5-4-6-10-17)36-26(41)29(30,31)32)24(39)37-16-28(13-18(37)15-33)19-11-7-8-12-20(19)35-25(28)40/h4-12,18,21-22H,13-14,16H2,1-3H3,(H,34,38)(H,35,40)(H,36,41)/t18-,21-,22-,28-/m0/s1. The molecule has 41 heavy (non-hydrogen) atoms. The van der Waals surface area contributed by atoms with Gasteiger partial charge in [-0.15, -0.1) is 0 Å². The number of carbonyl (C=O) groups is 4. The van der Waals surface area contributed by atoms with Gasteiger partial charge in [-0.3, -0.25) is 19.2 Å². The van der Waals surface area contributed by atoms with Crippen LogP contribution >= 0.6 is 0 Å². The van der Waals surface area contributed by atoms with E-state index in [0.717, 1.165) is 0 Å². The summed E-state index contributed by atoms with van der Waals surface area (Å²) < 4.78 is 39.3. The fourth-order valence-corrected chi connectivity index (χ4v) is 5.41. The maximum Gasteiger partial charge on any atom is 0.471 e. The van der Waals surface area contributed by atoms with Crippen molar-refractivity contribution in [3.63, 3.8) is 0 Å². The maximum absolute atomic E-state index is 14.0. The van der Waals surface area contributed by atoms with Gasteiger partial charge in [-0.2, -0.15) is 18.4 Å². The number of anilines is 1. The number of likely N-dealkylation sites (tertiary alicyclic amines) is 1. The number of nitriles is 1. The summed E-state index contributed by atoms with van der Waals surface area (Å²) in [7, 11) is 0. The van der Waals surface area contributed by atoms with Gasteiger partial charge in [0.25, 0.3) is 0 Å². The molecule has 1 saturated heterocycles. The van der Waals surface area contributed by atoms with Crippen LogP contribution in [0.1, 0.15) is 50.8 Å². The Morgan fingerprint density at radius 3 is 2.32 bits per heavy atom. The third-order valence-electron chi connectivity index (χ3n) is 7.27. The van der Waals surface area contributed by atoms with Gasteiger partial charge in [0.05, 0.1) is 11.5 Å². The lowest BCUT2D eigenvalue weighted by Crippen LogP contribution is -2.54. The highest BCUT2D eigenvalue weighted by Gasteiger charge is 2.56. The van der Waals surface area contributed by atoms with Gasteiger partial charge in [-0.1, -0.05) is 69.3 Å². The van der Waals surface area contributed by atoms with Crippen LogP contribution in [0, 0.1) is 16.7 Å². The smallest absolute Gasteiger partial charge is 0.342 e. The first-order chi connectivity index (χ1) is 19.2. The first-order valence-corrected chi connectivity index (χ1v) is 13.0. The van der Waals surface area contributed by atoms with Crippen molar-refractivity contribution in [3.8, 4) is 6.07 Å². The minimum Gasteiger partial charge on any atom is -0.342 e. The highest BCUT2D eigenvalue weighted by Crippen LogP contribution is 2.46. The summed E-state index contributed by atoms with van der Waals surface area (Å²) in [6, 6.07) is 12.5. The number of alkyl halides is 3. The highest BCUT2D eigenvalue weighted by atomic mass is 19.4. The predicted octanol–water partition coefficient (Wildman–Crippen LogP) is 3.34. The Bertz CT molecular complexity index is 1400. The molecule has 0 unspecified atom stereocenters. The van der Waals surface area contributed by atoms with Gasteiger partial charge >= 0.3 is 12.1 Å². The van der Waals surface area contributed by atoms with Crippen LogP contribution in [0.15, 0.2) is 54.6 Å². The zero-order valence-electron chi connectivity index (χ0n) is 22.7. The van der Waals surface area contributed by atoms with Crippen LogP contribution < -0.4 is 16.0 Å². The molecule has 1 fully saturated rings. The topological polar surface area (TPSA) is 131 Å². The van der Waals surface area contributed by atoms with Crippen LogP contribution in [0.25, 0.3) is 0 Å². The second kappa shape index (κ2) is 10.9. The normalized spacial score (nSPS) is 21.4. The molecule has 216 valence electrons. The summed E-state index contributed by atoms with van der Waals surface area (Å²) >= 11 is 0. The van der Waals surface area contributed by atoms with Crippen molar-refractivity contribution in [1.29, 1.82) is 5.26 Å². The van der Waals surface area contributed by atoms with Gasteiger partial charge < -0.3 is 20.9 Å². The molecule has 2 aromatic rings. The lowest BCUT2D eigenvalue weighted by molar-refractivity contribution is -0.174. The largest absolute Gasteiger partial charge is 0.471 e. The third-order valence-corrected chi connectivity index (χ3v) is 7.27. The molecule has 12 heteroatoms. The Balaban J connectivity index is 1.65. The van der Waals surface area contributed by atoms with Gasteiger partial charge in [0.1, 0.15) is 18.1 Å². The van der Waals surface area contributed by atoms with Crippen LogP contribution in [0.4, 0.5) is 18.9 Å². The summed E-state index contributed by atoms with van der Waals surface area (Å²) in [5, 5.41) is 17.0. The average Bonchev–Trinajstić information content (AvgIpc) is 3.43. The van der Waals surface area contributed by atoms with Crippen molar-refractivity contribution in [2.24, 2.45) is 5.41 Å². The quantitative estimate of drug-likeness (QED) is 0.491. The minimum atomic E-state index is -5.24. The van der Waals surface area contributed by atoms with Crippen molar-refractivity contribution in [1.82, 2.24) is 15.5 Å². The third kappa shape index (κ3) is 6.04. The van der Waals surface area contributed by atoms with E-state index in [1.54, 1.807) is 35.6 Å². The number of rotatable bonds is 6. The Labute approximate surface area is 235 Å². The van der Waals surface area contributed by atoms with E-state index in [1.807, 2.05) is 20.8 Å². The molecule has 4 atom stereocenters. The number of fused-ring (bicyclic) bond motifs is 2. The lowest BCUT2D eigenvalue weighted by Gasteiger charge is -2.32. The van der Waals surface area contributed by atoms with Gasteiger partial charge in [0, 0.05) is 18.7 Å². The monoisotopic (exact) mass is 569 g/mol. The zero-order valence-corrected chi connectivity index (χ0v) is 22.7. The molecule has 0 radical (unpaired) electrons. The van der Waals surface area contributed by atoms with Crippen LogP contribution in [0.3, 0.4) is 0 Å². The average molecular weight is 570 g/mol. The fraction of sp³-hybridized carbons (Fsp3) is 0.414. The van der Waals surface area contributed by atoms with E-state index in [2.05, 4.69) is 16.7 Å². The first kappa shape index (κ1) is 29.6. The molecule has 2 aliphatic heterocycles. The van der Waals surface area contributed by atoms with Gasteiger partial charge in [-0.25, -0.2) is 0 Å². The number of hydrogen-bond donors (Lipinski definition) is 3. The number of nitrogens with zero attached hydrogens (tertiary/aromatic N) is 2. The Hall–Kier alpha value is -4.40. The maximum atomic E-state index is 14.0. The molecule has 4 rings (SSSR count). The summed E-state index contributed by atoms with van der Waals surface area (Å²) in [5.41, 5.74) is -0.359. The molecule has 2 heterocycles. The van der Waals surface area contributed by atoms with E-state index in [-0.39, 0.29) is 30.9 Å². The van der Waals surface area contributed by atoms with E-state index < -0.39 is 52.9 Å². The zero-order chi connectivity index (χ0) is 30.2. The molecule has 9 nitrogen and oxygen atoms in total. The molecule has 0 bridgehead atoms. The van der Waals surface area contributed by atoms with Gasteiger partial charge in [-0.05, 0) is 29.0 Å². The number of hydrogen-bond acceptors (Lipinski definition) is 5. The van der Waals surface area contributed by atoms with Gasteiger partial charge in [0.15, 0.2) is 0 Å². The van der Waals surface area contributed by atoms with E-state index in [4.69, 9.17) is 0 Å². The predicted molar refractivity (Wildman–Crippen MR) is 142 cm³/mol. The van der Waals surface area contributed by atoms with Crippen molar-refractivity contribution >= 4 is 29.3 Å². The van der Waals surface area contributed by atoms with Crippen molar-refractivity contribution < 1.29 is 32.3 Å². The van der Waals surface area contributed by atoms with E-state index in [1.165, 1.54) is 29.2 Å². The van der Waals surface area contributed by atoms with Crippen LogP contribution in [-0.2, 0) is 24.6 Å². The molecule has 2 aromatic carbocycles. The highest BCUT2D eigenvalue weighted by molar-refractivity contribution is 6.07. The van der Waals surface area contributed by atoms with E-state index in [9.17, 15) is 37.6 Å². The fourth-order valence-electron chi connectivity index (χ4n) is 5.41. The molecule has 3 N–H and O–H groups in total. The Morgan fingerprint density at radius 1 is 1.07 bits per heavy atom. The lowest BCUT2D eigenvalue weighted by atomic mass is 9.80. The van der Waals surface area contributed by atoms with Crippen molar-refractivity contribution in [2.75, 3.05) is 11.9 Å². The minimum absolute atomic E-state index is 0.0442. The number of halogens is 3.